The highest BCUT2D eigenvalue weighted by atomic mass is 32.2. The van der Waals surface area contributed by atoms with E-state index in [9.17, 15) is 13.2 Å². The molecular formula is C24H23N3O5S. The molecule has 33 heavy (non-hydrogen) atoms. The smallest absolute Gasteiger partial charge is 0.296 e. The van der Waals surface area contributed by atoms with E-state index in [1.54, 1.807) is 62.2 Å². The molecule has 1 heterocycles. The lowest BCUT2D eigenvalue weighted by Crippen LogP contribution is -2.23. The maximum atomic E-state index is 13.0. The number of aromatic nitrogens is 2. The summed E-state index contributed by atoms with van der Waals surface area (Å²) < 4.78 is 42.5. The van der Waals surface area contributed by atoms with Gasteiger partial charge in [0.15, 0.2) is 11.5 Å². The van der Waals surface area contributed by atoms with Crippen LogP contribution in [0.5, 0.6) is 17.2 Å². The van der Waals surface area contributed by atoms with Crippen molar-refractivity contribution in [3.8, 4) is 22.9 Å². The molecule has 0 saturated carbocycles. The second kappa shape index (κ2) is 8.87. The lowest BCUT2D eigenvalue weighted by atomic mass is 10.3. The van der Waals surface area contributed by atoms with E-state index in [1.165, 1.54) is 16.8 Å². The third-order valence-corrected chi connectivity index (χ3v) is 6.59. The third-order valence-electron chi connectivity index (χ3n) is 5.22. The summed E-state index contributed by atoms with van der Waals surface area (Å²) in [5.41, 5.74) is 0.663. The number of ether oxygens (including phenoxy) is 2. The van der Waals surface area contributed by atoms with Crippen molar-refractivity contribution in [3.63, 3.8) is 0 Å². The summed E-state index contributed by atoms with van der Waals surface area (Å²) in [6.07, 6.45) is 0. The van der Waals surface area contributed by atoms with Crippen LogP contribution in [0.2, 0.25) is 0 Å². The standard InChI is InChI=1S/C24H23N3O5S/c1-17-23(24(28)27(26(17)2)18-9-5-4-6-10-18)25-33(29,30)20-15-13-19(14-16-20)32-22-12-8-7-11-21(22)31-3/h4-16,25H,1-3H3. The Morgan fingerprint density at radius 1 is 0.848 bits per heavy atom. The van der Waals surface area contributed by atoms with Crippen LogP contribution < -0.4 is 19.8 Å². The van der Waals surface area contributed by atoms with Crippen molar-refractivity contribution >= 4 is 15.7 Å². The fourth-order valence-corrected chi connectivity index (χ4v) is 4.51. The van der Waals surface area contributed by atoms with Gasteiger partial charge < -0.3 is 9.47 Å². The molecule has 1 N–H and O–H groups in total. The molecule has 0 spiro atoms. The third kappa shape index (κ3) is 4.35. The van der Waals surface area contributed by atoms with Crippen molar-refractivity contribution < 1.29 is 17.9 Å². The summed E-state index contributed by atoms with van der Waals surface area (Å²) >= 11 is 0. The molecule has 4 rings (SSSR count). The number of para-hydroxylation sites is 3. The maximum Gasteiger partial charge on any atom is 0.296 e. The number of methoxy groups -OCH3 is 1. The first-order chi connectivity index (χ1) is 15.8. The predicted molar refractivity (Wildman–Crippen MR) is 126 cm³/mol. The Bertz CT molecular complexity index is 1440. The number of rotatable bonds is 7. The molecule has 0 aliphatic rings. The monoisotopic (exact) mass is 465 g/mol. The minimum atomic E-state index is -4.00. The quantitative estimate of drug-likeness (QED) is 0.444. The molecular weight excluding hydrogens is 442 g/mol. The zero-order valence-electron chi connectivity index (χ0n) is 18.3. The maximum absolute atomic E-state index is 13.0. The number of anilines is 1. The summed E-state index contributed by atoms with van der Waals surface area (Å²) in [6.45, 7) is 1.68. The summed E-state index contributed by atoms with van der Waals surface area (Å²) in [4.78, 5) is 13.0. The topological polar surface area (TPSA) is 91.6 Å². The molecule has 3 aromatic carbocycles. The summed E-state index contributed by atoms with van der Waals surface area (Å²) in [5, 5.41) is 0. The largest absolute Gasteiger partial charge is 0.493 e. The van der Waals surface area contributed by atoms with Gasteiger partial charge in [0.1, 0.15) is 11.4 Å². The van der Waals surface area contributed by atoms with E-state index in [-0.39, 0.29) is 10.6 Å². The number of nitrogens with one attached hydrogen (secondary N) is 1. The first-order valence-electron chi connectivity index (χ1n) is 10.1. The lowest BCUT2D eigenvalue weighted by Gasteiger charge is -2.11. The molecule has 0 atom stereocenters. The molecule has 9 heteroatoms. The molecule has 0 radical (unpaired) electrons. The van der Waals surface area contributed by atoms with Crippen LogP contribution in [-0.2, 0) is 17.1 Å². The predicted octanol–water partition coefficient (Wildman–Crippen LogP) is 4.09. The second-order valence-corrected chi connectivity index (χ2v) is 8.95. The molecule has 0 aliphatic carbocycles. The van der Waals surface area contributed by atoms with Crippen LogP contribution in [0.15, 0.2) is 88.6 Å². The highest BCUT2D eigenvalue weighted by Gasteiger charge is 2.22. The van der Waals surface area contributed by atoms with Crippen LogP contribution in [0.1, 0.15) is 5.69 Å². The van der Waals surface area contributed by atoms with Crippen molar-refractivity contribution in [1.29, 1.82) is 0 Å². The Balaban J connectivity index is 1.61. The molecule has 1 aromatic heterocycles. The molecule has 0 fully saturated rings. The minimum Gasteiger partial charge on any atom is -0.493 e. The average Bonchev–Trinajstić information content (AvgIpc) is 3.03. The highest BCUT2D eigenvalue weighted by Crippen LogP contribution is 2.31. The Kier molecular flexibility index (Phi) is 5.97. The zero-order valence-corrected chi connectivity index (χ0v) is 19.2. The van der Waals surface area contributed by atoms with Gasteiger partial charge in [0.2, 0.25) is 0 Å². The summed E-state index contributed by atoms with van der Waals surface area (Å²) in [7, 11) is -0.761. The first-order valence-corrected chi connectivity index (χ1v) is 11.6. The van der Waals surface area contributed by atoms with E-state index in [0.29, 0.717) is 28.6 Å². The number of sulfonamides is 1. The Labute approximate surface area is 191 Å². The number of hydrogen-bond donors (Lipinski definition) is 1. The van der Waals surface area contributed by atoms with Crippen LogP contribution in [0, 0.1) is 6.92 Å². The van der Waals surface area contributed by atoms with Crippen LogP contribution in [0.4, 0.5) is 5.69 Å². The molecule has 4 aromatic rings. The van der Waals surface area contributed by atoms with Gasteiger partial charge in [-0.3, -0.25) is 14.2 Å². The van der Waals surface area contributed by atoms with Crippen LogP contribution in [0.3, 0.4) is 0 Å². The Morgan fingerprint density at radius 3 is 2.09 bits per heavy atom. The van der Waals surface area contributed by atoms with Crippen LogP contribution in [-0.4, -0.2) is 24.9 Å². The van der Waals surface area contributed by atoms with E-state index in [2.05, 4.69) is 4.72 Å². The van der Waals surface area contributed by atoms with Crippen molar-refractivity contribution in [3.05, 3.63) is 94.9 Å². The molecule has 170 valence electrons. The fourth-order valence-electron chi connectivity index (χ4n) is 3.40. The van der Waals surface area contributed by atoms with Gasteiger partial charge in [-0.2, -0.15) is 0 Å². The van der Waals surface area contributed by atoms with E-state index in [0.717, 1.165) is 0 Å². The van der Waals surface area contributed by atoms with Gasteiger partial charge in [-0.25, -0.2) is 13.1 Å². The minimum absolute atomic E-state index is 0.00351. The van der Waals surface area contributed by atoms with Crippen molar-refractivity contribution in [2.45, 2.75) is 11.8 Å². The molecule has 8 nitrogen and oxygen atoms in total. The van der Waals surface area contributed by atoms with Crippen molar-refractivity contribution in [1.82, 2.24) is 9.36 Å². The SMILES string of the molecule is COc1ccccc1Oc1ccc(S(=O)(=O)Nc2c(C)n(C)n(-c3ccccc3)c2=O)cc1. The normalized spacial score (nSPS) is 11.2. The van der Waals surface area contributed by atoms with Gasteiger partial charge in [0, 0.05) is 7.05 Å². The Morgan fingerprint density at radius 2 is 1.45 bits per heavy atom. The van der Waals surface area contributed by atoms with Gasteiger partial charge in [0.05, 0.1) is 23.4 Å². The van der Waals surface area contributed by atoms with Gasteiger partial charge >= 0.3 is 0 Å². The molecule has 0 bridgehead atoms. The van der Waals surface area contributed by atoms with Gasteiger partial charge in [-0.1, -0.05) is 30.3 Å². The van der Waals surface area contributed by atoms with Crippen molar-refractivity contribution in [2.24, 2.45) is 7.05 Å². The summed E-state index contributed by atoms with van der Waals surface area (Å²) in [5.74, 6) is 1.51. The lowest BCUT2D eigenvalue weighted by molar-refractivity contribution is 0.379. The molecule has 0 aliphatic heterocycles. The molecule has 0 saturated heterocycles. The Hall–Kier alpha value is -3.98. The molecule has 0 unspecified atom stereocenters. The zero-order chi connectivity index (χ0) is 23.6. The van der Waals surface area contributed by atoms with E-state index in [4.69, 9.17) is 9.47 Å². The molecule has 0 amide bonds. The average molecular weight is 466 g/mol. The first kappa shape index (κ1) is 22.2. The summed E-state index contributed by atoms with van der Waals surface area (Å²) in [6, 6.07) is 22.1. The van der Waals surface area contributed by atoms with E-state index < -0.39 is 15.6 Å². The number of hydrogen-bond acceptors (Lipinski definition) is 5. The van der Waals surface area contributed by atoms with Crippen LogP contribution in [0.25, 0.3) is 5.69 Å². The van der Waals surface area contributed by atoms with E-state index in [1.807, 2.05) is 30.3 Å². The number of benzene rings is 3. The van der Waals surface area contributed by atoms with Gasteiger partial charge in [0.25, 0.3) is 15.6 Å². The van der Waals surface area contributed by atoms with Gasteiger partial charge in [-0.05, 0) is 55.5 Å². The highest BCUT2D eigenvalue weighted by molar-refractivity contribution is 7.92. The fraction of sp³-hybridized carbons (Fsp3) is 0.125. The van der Waals surface area contributed by atoms with E-state index >= 15 is 0 Å². The van der Waals surface area contributed by atoms with Crippen LogP contribution >= 0.6 is 0 Å². The second-order valence-electron chi connectivity index (χ2n) is 7.27. The number of nitrogens with zero attached hydrogens (tertiary/aromatic N) is 2. The van der Waals surface area contributed by atoms with Crippen molar-refractivity contribution in [2.75, 3.05) is 11.8 Å². The van der Waals surface area contributed by atoms with Gasteiger partial charge in [-0.15, -0.1) is 0 Å².